The predicted octanol–water partition coefficient (Wildman–Crippen LogP) is 2.63. The second-order valence-electron chi connectivity index (χ2n) is 2.95. The molecule has 0 atom stereocenters. The van der Waals surface area contributed by atoms with Gasteiger partial charge >= 0.3 is 5.97 Å². The first kappa shape index (κ1) is 12.7. The topological polar surface area (TPSA) is 46.5 Å². The molecule has 0 radical (unpaired) electrons. The monoisotopic (exact) mass is 258 g/mol. The molecule has 0 unspecified atom stereocenters. The highest BCUT2D eigenvalue weighted by Crippen LogP contribution is 2.34. The average molecular weight is 259 g/mol. The first-order valence-electron chi connectivity index (χ1n) is 4.30. The molecule has 0 heterocycles. The largest absolute Gasteiger partial charge is 0.481 e. The Bertz CT molecular complexity index is 426. The summed E-state index contributed by atoms with van der Waals surface area (Å²) in [6.45, 7) is 0.0533. The smallest absolute Gasteiger partial charge is 0.307 e. The van der Waals surface area contributed by atoms with Gasteiger partial charge in [-0.15, -0.1) is 6.42 Å². The molecule has 0 aliphatic carbocycles. The maximum absolute atomic E-state index is 10.5. The number of hydrogen-bond donors (Lipinski definition) is 1. The molecule has 0 saturated carbocycles. The summed E-state index contributed by atoms with van der Waals surface area (Å²) >= 11 is 11.8. The van der Waals surface area contributed by atoms with Crippen LogP contribution in [0.1, 0.15) is 5.56 Å². The number of halogens is 2. The van der Waals surface area contributed by atoms with Gasteiger partial charge in [0.05, 0.1) is 16.5 Å². The highest BCUT2D eigenvalue weighted by atomic mass is 35.5. The zero-order chi connectivity index (χ0) is 12.1. The molecule has 84 valence electrons. The second kappa shape index (κ2) is 5.64. The molecule has 1 aromatic carbocycles. The first-order valence-corrected chi connectivity index (χ1v) is 5.06. The van der Waals surface area contributed by atoms with Crippen LogP contribution in [0.4, 0.5) is 0 Å². The van der Waals surface area contributed by atoms with Crippen molar-refractivity contribution in [3.63, 3.8) is 0 Å². The van der Waals surface area contributed by atoms with Crippen molar-refractivity contribution in [1.82, 2.24) is 0 Å². The number of benzene rings is 1. The Hall–Kier alpha value is -1.37. The molecule has 0 aliphatic heterocycles. The highest BCUT2D eigenvalue weighted by molar-refractivity contribution is 6.37. The van der Waals surface area contributed by atoms with Crippen molar-refractivity contribution in [2.45, 2.75) is 6.42 Å². The number of rotatable bonds is 4. The number of carbonyl (C=O) groups is 1. The summed E-state index contributed by atoms with van der Waals surface area (Å²) in [6, 6.07) is 2.99. The van der Waals surface area contributed by atoms with Gasteiger partial charge in [0.2, 0.25) is 0 Å². The van der Waals surface area contributed by atoms with Gasteiger partial charge in [-0.1, -0.05) is 29.1 Å². The molecule has 1 aromatic rings. The lowest BCUT2D eigenvalue weighted by atomic mass is 10.1. The third-order valence-electron chi connectivity index (χ3n) is 1.71. The SMILES string of the molecule is C#CCOc1c(Cl)cc(CC(=O)O)cc1Cl. The number of hydrogen-bond acceptors (Lipinski definition) is 2. The molecular weight excluding hydrogens is 251 g/mol. The Morgan fingerprint density at radius 1 is 1.44 bits per heavy atom. The molecule has 1 N–H and O–H groups in total. The first-order chi connectivity index (χ1) is 7.54. The summed E-state index contributed by atoms with van der Waals surface area (Å²) in [7, 11) is 0. The number of ether oxygens (including phenoxy) is 1. The molecule has 0 fully saturated rings. The zero-order valence-corrected chi connectivity index (χ0v) is 9.68. The van der Waals surface area contributed by atoms with Gasteiger partial charge in [-0.05, 0) is 17.7 Å². The van der Waals surface area contributed by atoms with Crippen LogP contribution in [0.15, 0.2) is 12.1 Å². The molecule has 0 bridgehead atoms. The summed E-state index contributed by atoms with van der Waals surface area (Å²) in [5, 5.41) is 9.11. The zero-order valence-electron chi connectivity index (χ0n) is 8.17. The number of carboxylic acid groups (broad SMARTS) is 1. The van der Waals surface area contributed by atoms with E-state index in [1.54, 1.807) is 0 Å². The van der Waals surface area contributed by atoms with Crippen LogP contribution in [0.2, 0.25) is 10.0 Å². The van der Waals surface area contributed by atoms with Crippen LogP contribution in [0.5, 0.6) is 5.75 Å². The maximum Gasteiger partial charge on any atom is 0.307 e. The maximum atomic E-state index is 10.5. The minimum atomic E-state index is -0.954. The Morgan fingerprint density at radius 3 is 2.44 bits per heavy atom. The van der Waals surface area contributed by atoms with E-state index < -0.39 is 5.97 Å². The summed E-state index contributed by atoms with van der Waals surface area (Å²) in [5.74, 6) is 1.60. The molecule has 0 spiro atoms. The van der Waals surface area contributed by atoms with Crippen molar-refractivity contribution in [2.24, 2.45) is 0 Å². The summed E-state index contributed by atoms with van der Waals surface area (Å²) < 4.78 is 5.13. The van der Waals surface area contributed by atoms with E-state index in [1.165, 1.54) is 12.1 Å². The molecule has 0 amide bonds. The van der Waals surface area contributed by atoms with Gasteiger partial charge in [0.1, 0.15) is 6.61 Å². The molecule has 3 nitrogen and oxygen atoms in total. The van der Waals surface area contributed by atoms with Crippen LogP contribution in [-0.2, 0) is 11.2 Å². The van der Waals surface area contributed by atoms with Gasteiger partial charge < -0.3 is 9.84 Å². The minimum Gasteiger partial charge on any atom is -0.481 e. The lowest BCUT2D eigenvalue weighted by molar-refractivity contribution is -0.136. The lowest BCUT2D eigenvalue weighted by Crippen LogP contribution is -2.01. The Kier molecular flexibility index (Phi) is 4.48. The normalized spacial score (nSPS) is 9.56. The van der Waals surface area contributed by atoms with E-state index in [0.717, 1.165) is 0 Å². The minimum absolute atomic E-state index is 0.0533. The van der Waals surface area contributed by atoms with Crippen molar-refractivity contribution in [3.05, 3.63) is 27.7 Å². The third-order valence-corrected chi connectivity index (χ3v) is 2.27. The van der Waals surface area contributed by atoms with Crippen LogP contribution < -0.4 is 4.74 Å². The van der Waals surface area contributed by atoms with E-state index in [-0.39, 0.29) is 28.8 Å². The quantitative estimate of drug-likeness (QED) is 0.845. The summed E-state index contributed by atoms with van der Waals surface area (Å²) in [5.41, 5.74) is 0.510. The number of aliphatic carboxylic acids is 1. The van der Waals surface area contributed by atoms with Crippen LogP contribution in [0, 0.1) is 12.3 Å². The van der Waals surface area contributed by atoms with Crippen LogP contribution in [0.25, 0.3) is 0 Å². The average Bonchev–Trinajstić information content (AvgIpc) is 2.15. The Balaban J connectivity index is 2.98. The molecule has 0 aromatic heterocycles. The molecule has 5 heteroatoms. The standard InChI is InChI=1S/C11H8Cl2O3/c1-2-3-16-11-8(12)4-7(5-9(11)13)6-10(14)15/h1,4-5H,3,6H2,(H,14,15). The van der Waals surface area contributed by atoms with Crippen LogP contribution in [0.3, 0.4) is 0 Å². The van der Waals surface area contributed by atoms with Gasteiger partial charge in [0.25, 0.3) is 0 Å². The fourth-order valence-electron chi connectivity index (χ4n) is 1.14. The molecule has 1 rings (SSSR count). The van der Waals surface area contributed by atoms with E-state index in [1.807, 2.05) is 0 Å². The van der Waals surface area contributed by atoms with Crippen molar-refractivity contribution in [2.75, 3.05) is 6.61 Å². The number of carboxylic acids is 1. The predicted molar refractivity (Wildman–Crippen MR) is 62.1 cm³/mol. The Labute approximate surface area is 103 Å². The second-order valence-corrected chi connectivity index (χ2v) is 3.77. The molecule has 0 aliphatic rings. The summed E-state index contributed by atoms with van der Waals surface area (Å²) in [6.07, 6.45) is 4.89. The Morgan fingerprint density at radius 2 is 2.00 bits per heavy atom. The van der Waals surface area contributed by atoms with Crippen LogP contribution in [-0.4, -0.2) is 17.7 Å². The third kappa shape index (κ3) is 3.34. The van der Waals surface area contributed by atoms with E-state index in [4.69, 9.17) is 39.5 Å². The fraction of sp³-hybridized carbons (Fsp3) is 0.182. The van der Waals surface area contributed by atoms with E-state index in [0.29, 0.717) is 5.56 Å². The van der Waals surface area contributed by atoms with Crippen molar-refractivity contribution in [3.8, 4) is 18.1 Å². The number of terminal acetylenes is 1. The fourth-order valence-corrected chi connectivity index (χ4v) is 1.78. The van der Waals surface area contributed by atoms with Crippen LogP contribution >= 0.6 is 23.2 Å². The van der Waals surface area contributed by atoms with Gasteiger partial charge in [0.15, 0.2) is 5.75 Å². The summed E-state index contributed by atoms with van der Waals surface area (Å²) in [4.78, 5) is 10.5. The van der Waals surface area contributed by atoms with Gasteiger partial charge in [-0.25, -0.2) is 0 Å². The lowest BCUT2D eigenvalue weighted by Gasteiger charge is -2.08. The van der Waals surface area contributed by atoms with Gasteiger partial charge in [-0.2, -0.15) is 0 Å². The molecule has 16 heavy (non-hydrogen) atoms. The van der Waals surface area contributed by atoms with Crippen molar-refractivity contribution < 1.29 is 14.6 Å². The van der Waals surface area contributed by atoms with E-state index in [2.05, 4.69) is 5.92 Å². The highest BCUT2D eigenvalue weighted by Gasteiger charge is 2.11. The van der Waals surface area contributed by atoms with Gasteiger partial charge in [-0.3, -0.25) is 4.79 Å². The van der Waals surface area contributed by atoms with Crippen molar-refractivity contribution >= 4 is 29.2 Å². The van der Waals surface area contributed by atoms with Crippen molar-refractivity contribution in [1.29, 1.82) is 0 Å². The molecular formula is C11H8Cl2O3. The van der Waals surface area contributed by atoms with Gasteiger partial charge in [0, 0.05) is 0 Å². The molecule has 0 saturated heterocycles. The van der Waals surface area contributed by atoms with E-state index in [9.17, 15) is 4.79 Å². The van der Waals surface area contributed by atoms with E-state index >= 15 is 0 Å².